The van der Waals surface area contributed by atoms with E-state index < -0.39 is 5.41 Å². The Bertz CT molecular complexity index is 350. The van der Waals surface area contributed by atoms with Crippen molar-refractivity contribution in [2.45, 2.75) is 27.7 Å². The van der Waals surface area contributed by atoms with Crippen LogP contribution in [-0.4, -0.2) is 15.5 Å². The van der Waals surface area contributed by atoms with E-state index in [1.165, 1.54) is 0 Å². The summed E-state index contributed by atoms with van der Waals surface area (Å²) in [6.07, 6.45) is 1.94. The Morgan fingerprint density at radius 3 is 2.43 bits per heavy atom. The lowest BCUT2D eigenvalue weighted by molar-refractivity contribution is -0.125. The quantitative estimate of drug-likeness (QED) is 0.640. The van der Waals surface area contributed by atoms with Gasteiger partial charge in [0.25, 0.3) is 0 Å². The van der Waals surface area contributed by atoms with Crippen molar-refractivity contribution in [3.05, 3.63) is 11.6 Å². The van der Waals surface area contributed by atoms with Gasteiger partial charge in [0.15, 0.2) is 5.78 Å². The fourth-order valence-electron chi connectivity index (χ4n) is 1.77. The van der Waals surface area contributed by atoms with E-state index in [0.717, 1.165) is 5.57 Å². The van der Waals surface area contributed by atoms with Gasteiger partial charge in [-0.15, -0.1) is 0 Å². The molecule has 0 aliphatic heterocycles. The molecular weight excluding hydrogens is 212 g/mol. The number of rotatable bonds is 1. The van der Waals surface area contributed by atoms with E-state index in [4.69, 9.17) is 24.4 Å². The Balaban J connectivity index is 3.26. The smallest absolute Gasteiger partial charge is 0.155 e. The first-order chi connectivity index (χ1) is 6.27. The van der Waals surface area contributed by atoms with Crippen molar-refractivity contribution in [1.82, 2.24) is 0 Å². The van der Waals surface area contributed by atoms with Crippen LogP contribution in [-0.2, 0) is 4.79 Å². The van der Waals surface area contributed by atoms with Crippen molar-refractivity contribution in [1.29, 1.82) is 0 Å². The third-order valence-electron chi connectivity index (χ3n) is 2.53. The molecule has 0 fully saturated rings. The number of Topliss-reactive ketones (excluding diaryl/α,β-unsaturated/α-hetero) is 1. The van der Waals surface area contributed by atoms with Gasteiger partial charge in [0, 0.05) is 15.1 Å². The van der Waals surface area contributed by atoms with Crippen LogP contribution >= 0.6 is 24.4 Å². The molecule has 76 valence electrons. The van der Waals surface area contributed by atoms with E-state index in [-0.39, 0.29) is 11.7 Å². The Kier molecular flexibility index (Phi) is 3.02. The maximum absolute atomic E-state index is 12.0. The minimum atomic E-state index is -0.433. The van der Waals surface area contributed by atoms with Crippen molar-refractivity contribution in [2.24, 2.45) is 11.3 Å². The minimum absolute atomic E-state index is 0.126. The summed E-state index contributed by atoms with van der Waals surface area (Å²) in [5.41, 5.74) is 0.579. The van der Waals surface area contributed by atoms with Crippen LogP contribution in [0.5, 0.6) is 0 Å². The van der Waals surface area contributed by atoms with Crippen LogP contribution in [0, 0.1) is 11.3 Å². The molecule has 0 spiro atoms. The molecule has 1 atom stereocenters. The van der Waals surface area contributed by atoms with E-state index in [9.17, 15) is 4.79 Å². The lowest BCUT2D eigenvalue weighted by Gasteiger charge is -2.31. The molecular formula is C11H14OS2. The fourth-order valence-corrected chi connectivity index (χ4v) is 2.41. The zero-order chi connectivity index (χ0) is 11.1. The van der Waals surface area contributed by atoms with Crippen LogP contribution in [0.15, 0.2) is 11.6 Å². The summed E-state index contributed by atoms with van der Waals surface area (Å²) in [5, 5.41) is 0. The topological polar surface area (TPSA) is 17.1 Å². The molecule has 0 amide bonds. The Hall–Kier alpha value is -0.410. The zero-order valence-electron chi connectivity index (χ0n) is 8.88. The second-order valence-electron chi connectivity index (χ2n) is 4.32. The third kappa shape index (κ3) is 1.84. The number of ketones is 1. The summed E-state index contributed by atoms with van der Waals surface area (Å²) in [5.74, 6) is -0.208. The Labute approximate surface area is 95.6 Å². The fraction of sp³-hybridized carbons (Fsp3) is 0.545. The molecule has 0 N–H and O–H groups in total. The van der Waals surface area contributed by atoms with E-state index in [2.05, 4.69) is 0 Å². The molecule has 0 radical (unpaired) electrons. The summed E-state index contributed by atoms with van der Waals surface area (Å²) in [7, 11) is 0. The van der Waals surface area contributed by atoms with Gasteiger partial charge in [-0.05, 0) is 33.3 Å². The van der Waals surface area contributed by atoms with Crippen molar-refractivity contribution in [3.8, 4) is 0 Å². The predicted octanol–water partition coefficient (Wildman–Crippen LogP) is 2.92. The van der Waals surface area contributed by atoms with Crippen molar-refractivity contribution < 1.29 is 4.79 Å². The van der Waals surface area contributed by atoms with Crippen LogP contribution in [0.4, 0.5) is 0 Å². The van der Waals surface area contributed by atoms with E-state index in [1.807, 2.05) is 26.8 Å². The normalized spacial score (nSPS) is 26.0. The molecule has 0 heterocycles. The van der Waals surface area contributed by atoms with Gasteiger partial charge < -0.3 is 0 Å². The van der Waals surface area contributed by atoms with Gasteiger partial charge in [-0.1, -0.05) is 30.5 Å². The molecule has 1 aliphatic rings. The zero-order valence-corrected chi connectivity index (χ0v) is 10.5. The van der Waals surface area contributed by atoms with Gasteiger partial charge in [-0.25, -0.2) is 0 Å². The number of hydrogen-bond acceptors (Lipinski definition) is 3. The summed E-state index contributed by atoms with van der Waals surface area (Å²) in [6.45, 7) is 7.55. The summed E-state index contributed by atoms with van der Waals surface area (Å²) in [4.78, 5) is 13.4. The highest BCUT2D eigenvalue weighted by Crippen LogP contribution is 2.33. The summed E-state index contributed by atoms with van der Waals surface area (Å²) >= 11 is 10.3. The van der Waals surface area contributed by atoms with Crippen molar-refractivity contribution in [3.63, 3.8) is 0 Å². The minimum Gasteiger partial charge on any atom is -0.298 e. The highest BCUT2D eigenvalue weighted by molar-refractivity contribution is 7.82. The number of allylic oxidation sites excluding steroid dienone is 2. The monoisotopic (exact) mass is 226 g/mol. The van der Waals surface area contributed by atoms with Gasteiger partial charge in [0.05, 0.1) is 5.92 Å². The SMILES string of the molecule is CC(=S)C1C(=O)C(C)(C)C=C(C)C1=S. The average molecular weight is 226 g/mol. The molecule has 0 aromatic rings. The third-order valence-corrected chi connectivity index (χ3v) is 3.33. The van der Waals surface area contributed by atoms with Crippen LogP contribution in [0.3, 0.4) is 0 Å². The second-order valence-corrected chi connectivity index (χ2v) is 5.40. The number of hydrogen-bond donors (Lipinski definition) is 0. The second kappa shape index (κ2) is 3.63. The van der Waals surface area contributed by atoms with Crippen molar-refractivity contribution in [2.75, 3.05) is 0 Å². The molecule has 0 bridgehead atoms. The first-order valence-electron chi connectivity index (χ1n) is 4.56. The first-order valence-corrected chi connectivity index (χ1v) is 5.37. The van der Waals surface area contributed by atoms with Gasteiger partial charge >= 0.3 is 0 Å². The van der Waals surface area contributed by atoms with Gasteiger partial charge in [-0.2, -0.15) is 0 Å². The molecule has 3 heteroatoms. The van der Waals surface area contributed by atoms with Crippen LogP contribution < -0.4 is 0 Å². The van der Waals surface area contributed by atoms with Gasteiger partial charge in [-0.3, -0.25) is 4.79 Å². The van der Waals surface area contributed by atoms with Crippen LogP contribution in [0.1, 0.15) is 27.7 Å². The standard InChI is InChI=1S/C11H14OS2/c1-6-5-11(3,4)10(12)8(7(2)13)9(6)14/h5,8H,1-4H3. The molecule has 0 saturated heterocycles. The Morgan fingerprint density at radius 1 is 1.50 bits per heavy atom. The Morgan fingerprint density at radius 2 is 2.00 bits per heavy atom. The van der Waals surface area contributed by atoms with Crippen LogP contribution in [0.25, 0.3) is 0 Å². The maximum atomic E-state index is 12.0. The molecule has 1 unspecified atom stereocenters. The summed E-state index contributed by atoms with van der Waals surface area (Å²) < 4.78 is 0. The van der Waals surface area contributed by atoms with E-state index in [1.54, 1.807) is 6.92 Å². The highest BCUT2D eigenvalue weighted by Gasteiger charge is 2.39. The van der Waals surface area contributed by atoms with Crippen molar-refractivity contribution >= 4 is 39.9 Å². The molecule has 0 aromatic carbocycles. The number of carbonyl (C=O) groups is 1. The molecule has 0 saturated carbocycles. The number of thiocarbonyl (C=S) groups is 2. The highest BCUT2D eigenvalue weighted by atomic mass is 32.1. The van der Waals surface area contributed by atoms with E-state index >= 15 is 0 Å². The van der Waals surface area contributed by atoms with Gasteiger partial charge in [0.1, 0.15) is 0 Å². The lowest BCUT2D eigenvalue weighted by Crippen LogP contribution is -2.41. The molecule has 14 heavy (non-hydrogen) atoms. The lowest BCUT2D eigenvalue weighted by atomic mass is 9.72. The predicted molar refractivity (Wildman–Crippen MR) is 66.9 cm³/mol. The first kappa shape index (κ1) is 11.7. The van der Waals surface area contributed by atoms with E-state index in [0.29, 0.717) is 9.73 Å². The summed E-state index contributed by atoms with van der Waals surface area (Å²) in [6, 6.07) is 0. The molecule has 1 nitrogen and oxygen atoms in total. The van der Waals surface area contributed by atoms with Crippen LogP contribution in [0.2, 0.25) is 0 Å². The van der Waals surface area contributed by atoms with Gasteiger partial charge in [0.2, 0.25) is 0 Å². The molecule has 0 aromatic heterocycles. The molecule has 1 aliphatic carbocycles. The largest absolute Gasteiger partial charge is 0.298 e. The number of carbonyl (C=O) groups excluding carboxylic acids is 1. The maximum Gasteiger partial charge on any atom is 0.155 e. The average Bonchev–Trinajstić information content (AvgIpc) is 2.00. The molecule has 1 rings (SSSR count).